The Morgan fingerprint density at radius 3 is 2.38 bits per heavy atom. The fourth-order valence-electron chi connectivity index (χ4n) is 4.80. The average Bonchev–Trinajstić information content (AvgIpc) is 3.38. The van der Waals surface area contributed by atoms with Gasteiger partial charge in [0.1, 0.15) is 0 Å². The lowest BCUT2D eigenvalue weighted by atomic mass is 10.2. The highest BCUT2D eigenvalue weighted by Gasteiger charge is 2.27. The van der Waals surface area contributed by atoms with Crippen LogP contribution in [0.2, 0.25) is 0 Å². The first-order chi connectivity index (χ1) is 14.1. The highest BCUT2D eigenvalue weighted by atomic mass is 16.2. The Kier molecular flexibility index (Phi) is 8.60. The molecule has 3 fully saturated rings. The molecule has 0 saturated carbocycles. The summed E-state index contributed by atoms with van der Waals surface area (Å²) in [5, 5.41) is 3.50. The third kappa shape index (κ3) is 6.57. The predicted octanol–water partition coefficient (Wildman–Crippen LogP) is 1.31. The first kappa shape index (κ1) is 22.3. The maximum Gasteiger partial charge on any atom is 0.236 e. The lowest BCUT2D eigenvalue weighted by Gasteiger charge is -2.37. The Morgan fingerprint density at radius 2 is 1.72 bits per heavy atom. The van der Waals surface area contributed by atoms with Gasteiger partial charge in [-0.05, 0) is 45.1 Å². The van der Waals surface area contributed by atoms with E-state index in [1.807, 2.05) is 4.90 Å². The van der Waals surface area contributed by atoms with Crippen LogP contribution in [0.25, 0.3) is 0 Å². The Balaban J connectivity index is 1.48. The summed E-state index contributed by atoms with van der Waals surface area (Å²) in [5.41, 5.74) is 0. The number of aliphatic imine (C=N–C) groups is 1. The van der Waals surface area contributed by atoms with E-state index in [9.17, 15) is 4.79 Å². The van der Waals surface area contributed by atoms with Crippen molar-refractivity contribution in [2.75, 3.05) is 72.0 Å². The van der Waals surface area contributed by atoms with Crippen LogP contribution in [-0.2, 0) is 4.79 Å². The molecule has 1 atom stereocenters. The van der Waals surface area contributed by atoms with E-state index in [-0.39, 0.29) is 0 Å². The zero-order valence-corrected chi connectivity index (χ0v) is 18.9. The van der Waals surface area contributed by atoms with Crippen LogP contribution in [0, 0.1) is 5.92 Å². The molecule has 3 saturated heterocycles. The van der Waals surface area contributed by atoms with Crippen LogP contribution < -0.4 is 5.32 Å². The fourth-order valence-corrected chi connectivity index (χ4v) is 4.80. The van der Waals surface area contributed by atoms with Crippen molar-refractivity contribution in [1.82, 2.24) is 24.9 Å². The van der Waals surface area contributed by atoms with E-state index in [0.717, 1.165) is 71.2 Å². The van der Waals surface area contributed by atoms with Crippen LogP contribution in [0.4, 0.5) is 0 Å². The number of hydrogen-bond donors (Lipinski definition) is 1. The van der Waals surface area contributed by atoms with Gasteiger partial charge in [0, 0.05) is 58.4 Å². The van der Waals surface area contributed by atoms with Gasteiger partial charge in [-0.3, -0.25) is 19.6 Å². The van der Waals surface area contributed by atoms with E-state index in [1.54, 1.807) is 0 Å². The van der Waals surface area contributed by atoms with Crippen molar-refractivity contribution in [3.63, 3.8) is 0 Å². The molecule has 0 aliphatic carbocycles. The van der Waals surface area contributed by atoms with Crippen LogP contribution in [0.3, 0.4) is 0 Å². The van der Waals surface area contributed by atoms with Gasteiger partial charge in [-0.2, -0.15) is 0 Å². The third-order valence-electron chi connectivity index (χ3n) is 6.37. The zero-order valence-electron chi connectivity index (χ0n) is 18.9. The van der Waals surface area contributed by atoms with Crippen molar-refractivity contribution < 1.29 is 4.79 Å². The van der Waals surface area contributed by atoms with Crippen LogP contribution in [0.1, 0.15) is 46.5 Å². The van der Waals surface area contributed by atoms with Gasteiger partial charge in [0.05, 0.1) is 13.1 Å². The maximum atomic E-state index is 12.4. The molecule has 3 heterocycles. The minimum Gasteiger partial charge on any atom is -0.357 e. The van der Waals surface area contributed by atoms with E-state index in [4.69, 9.17) is 4.99 Å². The molecule has 0 aromatic carbocycles. The Bertz CT molecular complexity index is 537. The summed E-state index contributed by atoms with van der Waals surface area (Å²) >= 11 is 0. The molecule has 7 nitrogen and oxygen atoms in total. The van der Waals surface area contributed by atoms with Gasteiger partial charge in [0.2, 0.25) is 5.91 Å². The van der Waals surface area contributed by atoms with Gasteiger partial charge < -0.3 is 15.1 Å². The van der Waals surface area contributed by atoms with Crippen molar-refractivity contribution in [2.45, 2.75) is 52.5 Å². The first-order valence-electron chi connectivity index (χ1n) is 11.8. The van der Waals surface area contributed by atoms with Gasteiger partial charge in [0.15, 0.2) is 5.96 Å². The molecule has 29 heavy (non-hydrogen) atoms. The van der Waals surface area contributed by atoms with Gasteiger partial charge in [0.25, 0.3) is 0 Å². The monoisotopic (exact) mass is 406 g/mol. The second kappa shape index (κ2) is 11.2. The molecular formula is C22H42N6O. The number of hydrogen-bond acceptors (Lipinski definition) is 4. The minimum atomic E-state index is 0.308. The molecule has 166 valence electrons. The van der Waals surface area contributed by atoms with Crippen molar-refractivity contribution in [1.29, 1.82) is 0 Å². The second-order valence-corrected chi connectivity index (χ2v) is 9.23. The van der Waals surface area contributed by atoms with Crippen LogP contribution in [0.5, 0.6) is 0 Å². The van der Waals surface area contributed by atoms with Gasteiger partial charge >= 0.3 is 0 Å². The number of nitrogens with zero attached hydrogens (tertiary/aromatic N) is 5. The van der Waals surface area contributed by atoms with Gasteiger partial charge in [-0.1, -0.05) is 13.8 Å². The Hall–Kier alpha value is -1.34. The van der Waals surface area contributed by atoms with E-state index < -0.39 is 0 Å². The molecule has 3 rings (SSSR count). The predicted molar refractivity (Wildman–Crippen MR) is 119 cm³/mol. The molecule has 0 aromatic heterocycles. The summed E-state index contributed by atoms with van der Waals surface area (Å²) in [5.74, 6) is 2.07. The molecule has 1 N–H and O–H groups in total. The lowest BCUT2D eigenvalue weighted by molar-refractivity contribution is -0.131. The average molecular weight is 407 g/mol. The fraction of sp³-hybridized carbons (Fsp3) is 0.909. The van der Waals surface area contributed by atoms with Crippen molar-refractivity contribution in [3.8, 4) is 0 Å². The number of carbonyl (C=O) groups excluding carboxylic acids is 1. The van der Waals surface area contributed by atoms with Crippen LogP contribution >= 0.6 is 0 Å². The number of nitrogens with one attached hydrogen (secondary N) is 1. The van der Waals surface area contributed by atoms with Crippen molar-refractivity contribution >= 4 is 11.9 Å². The molecule has 7 heteroatoms. The molecule has 3 aliphatic heterocycles. The molecule has 1 amide bonds. The molecule has 3 aliphatic rings. The summed E-state index contributed by atoms with van der Waals surface area (Å²) < 4.78 is 0. The Morgan fingerprint density at radius 1 is 1.00 bits per heavy atom. The summed E-state index contributed by atoms with van der Waals surface area (Å²) in [6.07, 6.45) is 4.89. The van der Waals surface area contributed by atoms with Gasteiger partial charge in [-0.25, -0.2) is 0 Å². The summed E-state index contributed by atoms with van der Waals surface area (Å²) in [7, 11) is 0. The quantitative estimate of drug-likeness (QED) is 0.510. The van der Waals surface area contributed by atoms with E-state index in [2.05, 4.69) is 40.8 Å². The molecule has 0 spiro atoms. The van der Waals surface area contributed by atoms with E-state index in [0.29, 0.717) is 24.4 Å². The highest BCUT2D eigenvalue weighted by molar-refractivity contribution is 5.80. The number of likely N-dealkylation sites (tertiary alicyclic amines) is 2. The van der Waals surface area contributed by atoms with Gasteiger partial charge in [-0.15, -0.1) is 0 Å². The van der Waals surface area contributed by atoms with Crippen molar-refractivity contribution in [2.24, 2.45) is 10.9 Å². The normalized spacial score (nSPS) is 24.7. The largest absolute Gasteiger partial charge is 0.357 e. The second-order valence-electron chi connectivity index (χ2n) is 9.23. The first-order valence-corrected chi connectivity index (χ1v) is 11.8. The molecule has 0 aromatic rings. The molecular weight excluding hydrogens is 364 g/mol. The molecule has 0 radical (unpaired) electrons. The maximum absolute atomic E-state index is 12.4. The number of amides is 1. The number of carbonyl (C=O) groups is 1. The van der Waals surface area contributed by atoms with Crippen molar-refractivity contribution in [3.05, 3.63) is 0 Å². The lowest BCUT2D eigenvalue weighted by Crippen LogP contribution is -2.54. The van der Waals surface area contributed by atoms with E-state index in [1.165, 1.54) is 25.9 Å². The standard InChI is InChI=1S/C22H42N6O/c1-4-23-22(24-16-20-8-7-11-28(20)17-19(2)3)27-14-12-25(13-15-27)18-21(29)26-9-5-6-10-26/h19-20H,4-18H2,1-3H3,(H,23,24)/t20-/m1/s1. The number of guanidine groups is 1. The Labute approximate surface area is 177 Å². The molecule has 0 unspecified atom stereocenters. The molecule has 0 bridgehead atoms. The van der Waals surface area contributed by atoms with E-state index >= 15 is 0 Å². The summed E-state index contributed by atoms with van der Waals surface area (Å²) in [4.78, 5) is 26.8. The van der Waals surface area contributed by atoms with Crippen LogP contribution in [0.15, 0.2) is 4.99 Å². The zero-order chi connectivity index (χ0) is 20.6. The van der Waals surface area contributed by atoms with Crippen LogP contribution in [-0.4, -0.2) is 110 Å². The highest BCUT2D eigenvalue weighted by Crippen LogP contribution is 2.19. The summed E-state index contributed by atoms with van der Waals surface area (Å²) in [6, 6.07) is 0.588. The third-order valence-corrected chi connectivity index (χ3v) is 6.37. The smallest absolute Gasteiger partial charge is 0.236 e. The summed E-state index contributed by atoms with van der Waals surface area (Å²) in [6.45, 7) is 17.2. The SMILES string of the molecule is CCNC(=NC[C@H]1CCCN1CC(C)C)N1CCN(CC(=O)N2CCCC2)CC1. The topological polar surface area (TPSA) is 54.4 Å². The number of rotatable bonds is 7. The minimum absolute atomic E-state index is 0.308. The number of piperazine rings is 1.